The van der Waals surface area contributed by atoms with Gasteiger partial charge in [0.1, 0.15) is 11.6 Å². The summed E-state index contributed by atoms with van der Waals surface area (Å²) in [6.45, 7) is 1.96. The van der Waals surface area contributed by atoms with E-state index >= 15 is 0 Å². The van der Waals surface area contributed by atoms with Gasteiger partial charge in [-0.3, -0.25) is 5.10 Å². The van der Waals surface area contributed by atoms with Crippen LogP contribution in [-0.4, -0.2) is 10.2 Å². The quantitative estimate of drug-likeness (QED) is 0.847. The summed E-state index contributed by atoms with van der Waals surface area (Å²) in [5.74, 6) is -0.0211. The van der Waals surface area contributed by atoms with E-state index in [9.17, 15) is 4.39 Å². The molecule has 1 aromatic heterocycles. The Hall–Kier alpha value is -1.55. The predicted octanol–water partition coefficient (Wildman–Crippen LogP) is 3.01. The minimum atomic E-state index is -0.450. The van der Waals surface area contributed by atoms with E-state index in [2.05, 4.69) is 10.2 Å². The fraction of sp³-hybridized carbons (Fsp3) is 0.182. The van der Waals surface area contributed by atoms with Crippen LogP contribution in [-0.2, 0) is 6.42 Å². The molecule has 5 heteroatoms. The molecule has 0 unspecified atom stereocenters. The van der Waals surface area contributed by atoms with Gasteiger partial charge in [0.05, 0.1) is 10.7 Å². The molecule has 0 spiro atoms. The highest BCUT2D eigenvalue weighted by atomic mass is 35.5. The number of hydrogen-bond donors (Lipinski definition) is 2. The van der Waals surface area contributed by atoms with Gasteiger partial charge in [-0.05, 0) is 12.5 Å². The summed E-state index contributed by atoms with van der Waals surface area (Å²) in [7, 11) is 0. The van der Waals surface area contributed by atoms with Crippen molar-refractivity contribution in [2.24, 2.45) is 0 Å². The molecule has 2 aromatic rings. The summed E-state index contributed by atoms with van der Waals surface area (Å²) in [4.78, 5) is 0. The molecule has 2 rings (SSSR count). The van der Waals surface area contributed by atoms with Crippen molar-refractivity contribution in [1.29, 1.82) is 0 Å². The summed E-state index contributed by atoms with van der Waals surface area (Å²) >= 11 is 5.90. The van der Waals surface area contributed by atoms with Gasteiger partial charge < -0.3 is 5.73 Å². The third kappa shape index (κ3) is 1.65. The van der Waals surface area contributed by atoms with Gasteiger partial charge in [-0.25, -0.2) is 4.39 Å². The van der Waals surface area contributed by atoms with Crippen LogP contribution in [0.1, 0.15) is 12.5 Å². The molecule has 3 nitrogen and oxygen atoms in total. The Balaban J connectivity index is 2.63. The topological polar surface area (TPSA) is 54.7 Å². The van der Waals surface area contributed by atoms with Crippen LogP contribution >= 0.6 is 11.6 Å². The number of anilines is 1. The van der Waals surface area contributed by atoms with Crippen LogP contribution in [0, 0.1) is 5.82 Å². The van der Waals surface area contributed by atoms with Crippen molar-refractivity contribution in [2.45, 2.75) is 13.3 Å². The van der Waals surface area contributed by atoms with Gasteiger partial charge in [0.2, 0.25) is 0 Å². The predicted molar refractivity (Wildman–Crippen MR) is 62.8 cm³/mol. The Morgan fingerprint density at radius 3 is 2.94 bits per heavy atom. The first-order chi connectivity index (χ1) is 7.65. The second-order valence-electron chi connectivity index (χ2n) is 3.42. The minimum Gasteiger partial charge on any atom is -0.382 e. The third-order valence-corrected chi connectivity index (χ3v) is 2.86. The lowest BCUT2D eigenvalue weighted by Crippen LogP contribution is -1.92. The number of nitrogens with two attached hydrogens (primary N) is 1. The molecule has 1 heterocycles. The monoisotopic (exact) mass is 239 g/mol. The second kappa shape index (κ2) is 4.14. The molecule has 84 valence electrons. The first-order valence-electron chi connectivity index (χ1n) is 4.92. The van der Waals surface area contributed by atoms with Crippen molar-refractivity contribution in [3.63, 3.8) is 0 Å². The van der Waals surface area contributed by atoms with Crippen molar-refractivity contribution >= 4 is 17.4 Å². The maximum Gasteiger partial charge on any atom is 0.149 e. The number of nitrogens with zero attached hydrogens (tertiary/aromatic N) is 1. The molecule has 0 aliphatic heterocycles. The number of benzene rings is 1. The average molecular weight is 240 g/mol. The van der Waals surface area contributed by atoms with Crippen molar-refractivity contribution in [2.75, 3.05) is 5.73 Å². The van der Waals surface area contributed by atoms with Gasteiger partial charge >= 0.3 is 0 Å². The molecule has 0 fully saturated rings. The van der Waals surface area contributed by atoms with Gasteiger partial charge in [0.25, 0.3) is 0 Å². The molecular formula is C11H11ClFN3. The molecule has 16 heavy (non-hydrogen) atoms. The van der Waals surface area contributed by atoms with Crippen LogP contribution in [0.15, 0.2) is 18.2 Å². The Kier molecular flexibility index (Phi) is 2.83. The number of nitrogens with one attached hydrogen (secondary N) is 1. The van der Waals surface area contributed by atoms with Crippen LogP contribution in [0.3, 0.4) is 0 Å². The maximum absolute atomic E-state index is 13.3. The van der Waals surface area contributed by atoms with Gasteiger partial charge in [-0.2, -0.15) is 5.10 Å². The maximum atomic E-state index is 13.3. The second-order valence-corrected chi connectivity index (χ2v) is 3.80. The Labute approximate surface area is 97.4 Å². The average Bonchev–Trinajstić information content (AvgIpc) is 2.63. The third-order valence-electron chi connectivity index (χ3n) is 2.47. The van der Waals surface area contributed by atoms with E-state index in [0.717, 1.165) is 5.56 Å². The number of aromatic amines is 1. The number of H-pyrrole nitrogens is 1. The Morgan fingerprint density at radius 2 is 2.25 bits per heavy atom. The summed E-state index contributed by atoms with van der Waals surface area (Å²) in [5.41, 5.74) is 7.82. The molecule has 0 atom stereocenters. The summed E-state index contributed by atoms with van der Waals surface area (Å²) in [6, 6.07) is 4.65. The number of rotatable bonds is 2. The molecule has 0 aliphatic rings. The molecule has 0 bridgehead atoms. The number of aromatic nitrogens is 2. The molecule has 0 radical (unpaired) electrons. The lowest BCUT2D eigenvalue weighted by Gasteiger charge is -2.04. The fourth-order valence-electron chi connectivity index (χ4n) is 1.66. The lowest BCUT2D eigenvalue weighted by atomic mass is 10.1. The van der Waals surface area contributed by atoms with Crippen LogP contribution in [0.4, 0.5) is 10.2 Å². The first kappa shape index (κ1) is 11.0. The smallest absolute Gasteiger partial charge is 0.149 e. The summed E-state index contributed by atoms with van der Waals surface area (Å²) in [5, 5.41) is 6.77. The zero-order valence-corrected chi connectivity index (χ0v) is 9.48. The Morgan fingerprint density at radius 1 is 1.50 bits per heavy atom. The van der Waals surface area contributed by atoms with Crippen molar-refractivity contribution in [3.8, 4) is 11.3 Å². The van der Waals surface area contributed by atoms with Crippen LogP contribution < -0.4 is 5.73 Å². The van der Waals surface area contributed by atoms with Crippen molar-refractivity contribution in [3.05, 3.63) is 34.6 Å². The van der Waals surface area contributed by atoms with E-state index in [1.165, 1.54) is 6.07 Å². The molecular weight excluding hydrogens is 229 g/mol. The van der Waals surface area contributed by atoms with E-state index < -0.39 is 5.82 Å². The van der Waals surface area contributed by atoms with Crippen LogP contribution in [0.2, 0.25) is 5.02 Å². The van der Waals surface area contributed by atoms with E-state index in [1.807, 2.05) is 6.92 Å². The fourth-order valence-corrected chi connectivity index (χ4v) is 1.88. The van der Waals surface area contributed by atoms with E-state index in [4.69, 9.17) is 17.3 Å². The van der Waals surface area contributed by atoms with Gasteiger partial charge in [-0.15, -0.1) is 0 Å². The highest BCUT2D eigenvalue weighted by Crippen LogP contribution is 2.32. The summed E-state index contributed by atoms with van der Waals surface area (Å²) in [6.07, 6.45) is 0.713. The highest BCUT2D eigenvalue weighted by Gasteiger charge is 2.15. The van der Waals surface area contributed by atoms with Crippen LogP contribution in [0.5, 0.6) is 0 Å². The first-order valence-corrected chi connectivity index (χ1v) is 5.30. The summed E-state index contributed by atoms with van der Waals surface area (Å²) < 4.78 is 13.3. The molecule has 0 amide bonds. The van der Waals surface area contributed by atoms with Crippen LogP contribution in [0.25, 0.3) is 11.3 Å². The van der Waals surface area contributed by atoms with Crippen molar-refractivity contribution in [1.82, 2.24) is 10.2 Å². The minimum absolute atomic E-state index is 0.0841. The molecule has 0 aliphatic carbocycles. The SMILES string of the molecule is CCc1c(N)n[nH]c1-c1cccc(F)c1Cl. The van der Waals surface area contributed by atoms with E-state index in [-0.39, 0.29) is 5.02 Å². The largest absolute Gasteiger partial charge is 0.382 e. The zero-order valence-electron chi connectivity index (χ0n) is 8.72. The standard InChI is InChI=1S/C11H11ClFN3/c1-2-6-10(15-16-11(6)14)7-4-3-5-8(13)9(7)12/h3-5H,2H2,1H3,(H3,14,15,16). The lowest BCUT2D eigenvalue weighted by molar-refractivity contribution is 0.628. The number of halogens is 2. The van der Waals surface area contributed by atoms with Crippen molar-refractivity contribution < 1.29 is 4.39 Å². The zero-order chi connectivity index (χ0) is 11.7. The normalized spacial score (nSPS) is 10.7. The van der Waals surface area contributed by atoms with E-state index in [1.54, 1.807) is 12.1 Å². The number of hydrogen-bond acceptors (Lipinski definition) is 2. The highest BCUT2D eigenvalue weighted by molar-refractivity contribution is 6.33. The Bertz CT molecular complexity index is 522. The van der Waals surface area contributed by atoms with Gasteiger partial charge in [-0.1, -0.05) is 30.7 Å². The van der Waals surface area contributed by atoms with Gasteiger partial charge in [0, 0.05) is 11.1 Å². The van der Waals surface area contributed by atoms with Gasteiger partial charge in [0.15, 0.2) is 0 Å². The molecule has 3 N–H and O–H groups in total. The number of nitrogen functional groups attached to an aromatic ring is 1. The molecule has 1 aromatic carbocycles. The van der Waals surface area contributed by atoms with E-state index in [0.29, 0.717) is 23.5 Å². The molecule has 0 saturated carbocycles. The molecule has 0 saturated heterocycles.